The van der Waals surface area contributed by atoms with Crippen molar-refractivity contribution in [2.75, 3.05) is 16.8 Å². The molecule has 0 radical (unpaired) electrons. The van der Waals surface area contributed by atoms with E-state index in [1.807, 2.05) is 57.2 Å². The number of anilines is 2. The molecule has 2 aromatic carbocycles. The van der Waals surface area contributed by atoms with Gasteiger partial charge in [-0.15, -0.1) is 0 Å². The Morgan fingerprint density at radius 1 is 1.04 bits per heavy atom. The summed E-state index contributed by atoms with van der Waals surface area (Å²) in [7, 11) is 0. The fraction of sp³-hybridized carbons (Fsp3) is 0.391. The van der Waals surface area contributed by atoms with Crippen LogP contribution < -0.4 is 10.2 Å². The second kappa shape index (κ2) is 8.85. The van der Waals surface area contributed by atoms with Gasteiger partial charge in [-0.05, 0) is 49.4 Å². The van der Waals surface area contributed by atoms with Crippen molar-refractivity contribution in [3.63, 3.8) is 0 Å². The van der Waals surface area contributed by atoms with Crippen LogP contribution >= 0.6 is 0 Å². The summed E-state index contributed by atoms with van der Waals surface area (Å²) < 4.78 is 0. The Hall–Kier alpha value is -2.62. The smallest absolute Gasteiger partial charge is 0.226 e. The Labute approximate surface area is 162 Å². The summed E-state index contributed by atoms with van der Waals surface area (Å²) >= 11 is 0. The van der Waals surface area contributed by atoms with Crippen LogP contribution in [0, 0.1) is 20.8 Å². The SMILES string of the molecule is CC(=O)N(CCC(=O)Nc1c(C)cccc1C(C)C)c1ccc(C)cc1C. The van der Waals surface area contributed by atoms with Crippen LogP contribution in [-0.2, 0) is 9.59 Å². The standard InChI is InChI=1S/C23H30N2O2/c1-15(2)20-9-7-8-17(4)23(20)24-22(27)12-13-25(19(6)26)21-11-10-16(3)14-18(21)5/h7-11,14-15H,12-13H2,1-6H3,(H,24,27). The van der Waals surface area contributed by atoms with Crippen molar-refractivity contribution < 1.29 is 9.59 Å². The molecule has 2 aromatic rings. The lowest BCUT2D eigenvalue weighted by atomic mass is 9.98. The van der Waals surface area contributed by atoms with E-state index in [0.29, 0.717) is 12.5 Å². The first kappa shape index (κ1) is 20.7. The van der Waals surface area contributed by atoms with Crippen molar-refractivity contribution >= 4 is 23.2 Å². The lowest BCUT2D eigenvalue weighted by Gasteiger charge is -2.23. The number of para-hydroxylation sites is 1. The van der Waals surface area contributed by atoms with Crippen LogP contribution in [0.15, 0.2) is 36.4 Å². The van der Waals surface area contributed by atoms with Gasteiger partial charge in [-0.2, -0.15) is 0 Å². The second-order valence-corrected chi connectivity index (χ2v) is 7.45. The minimum absolute atomic E-state index is 0.0616. The Kier molecular flexibility index (Phi) is 6.78. The molecule has 2 amide bonds. The average molecular weight is 367 g/mol. The molecular formula is C23H30N2O2. The van der Waals surface area contributed by atoms with E-state index in [4.69, 9.17) is 0 Å². The highest BCUT2D eigenvalue weighted by atomic mass is 16.2. The zero-order valence-electron chi connectivity index (χ0n) is 17.2. The van der Waals surface area contributed by atoms with E-state index in [9.17, 15) is 9.59 Å². The molecule has 0 aliphatic rings. The molecule has 0 bridgehead atoms. The number of amides is 2. The lowest BCUT2D eigenvalue weighted by molar-refractivity contribution is -0.117. The highest BCUT2D eigenvalue weighted by molar-refractivity contribution is 5.96. The lowest BCUT2D eigenvalue weighted by Crippen LogP contribution is -2.32. The molecule has 0 spiro atoms. The van der Waals surface area contributed by atoms with Crippen LogP contribution in [0.5, 0.6) is 0 Å². The fourth-order valence-corrected chi connectivity index (χ4v) is 3.31. The monoisotopic (exact) mass is 366 g/mol. The van der Waals surface area contributed by atoms with Gasteiger partial charge in [0, 0.05) is 31.3 Å². The molecule has 0 fully saturated rings. The maximum atomic E-state index is 12.6. The Bertz CT molecular complexity index is 840. The third kappa shape index (κ3) is 5.19. The summed E-state index contributed by atoms with van der Waals surface area (Å²) in [5.41, 5.74) is 6.11. The van der Waals surface area contributed by atoms with Gasteiger partial charge in [-0.3, -0.25) is 9.59 Å². The topological polar surface area (TPSA) is 49.4 Å². The van der Waals surface area contributed by atoms with E-state index < -0.39 is 0 Å². The van der Waals surface area contributed by atoms with Crippen LogP contribution in [0.3, 0.4) is 0 Å². The molecule has 0 atom stereocenters. The third-order valence-electron chi connectivity index (χ3n) is 4.78. The molecule has 27 heavy (non-hydrogen) atoms. The number of rotatable bonds is 6. The third-order valence-corrected chi connectivity index (χ3v) is 4.78. The number of nitrogens with one attached hydrogen (secondary N) is 1. The van der Waals surface area contributed by atoms with Crippen molar-refractivity contribution in [2.45, 2.75) is 53.9 Å². The molecule has 1 N–H and O–H groups in total. The molecule has 0 aliphatic carbocycles. The quantitative estimate of drug-likeness (QED) is 0.771. The van der Waals surface area contributed by atoms with Crippen LogP contribution in [-0.4, -0.2) is 18.4 Å². The first-order valence-corrected chi connectivity index (χ1v) is 9.45. The van der Waals surface area contributed by atoms with Crippen molar-refractivity contribution in [3.8, 4) is 0 Å². The van der Waals surface area contributed by atoms with Crippen LogP contribution in [0.2, 0.25) is 0 Å². The first-order valence-electron chi connectivity index (χ1n) is 9.45. The Balaban J connectivity index is 2.13. The van der Waals surface area contributed by atoms with E-state index in [1.165, 1.54) is 6.92 Å². The van der Waals surface area contributed by atoms with Crippen molar-refractivity contribution in [1.29, 1.82) is 0 Å². The molecule has 0 aromatic heterocycles. The van der Waals surface area contributed by atoms with Gasteiger partial charge in [0.15, 0.2) is 0 Å². The molecule has 2 rings (SSSR count). The first-order chi connectivity index (χ1) is 12.7. The van der Waals surface area contributed by atoms with Gasteiger partial charge in [0.25, 0.3) is 0 Å². The van der Waals surface area contributed by atoms with Crippen molar-refractivity contribution in [1.82, 2.24) is 0 Å². The van der Waals surface area contributed by atoms with Gasteiger partial charge in [-0.25, -0.2) is 0 Å². The number of hydrogen-bond donors (Lipinski definition) is 1. The van der Waals surface area contributed by atoms with Gasteiger partial charge in [0.05, 0.1) is 0 Å². The molecule has 0 aliphatic heterocycles. The van der Waals surface area contributed by atoms with E-state index in [0.717, 1.165) is 33.6 Å². The normalized spacial score (nSPS) is 10.8. The predicted octanol–water partition coefficient (Wildman–Crippen LogP) is 5.12. The Morgan fingerprint density at radius 2 is 1.74 bits per heavy atom. The fourth-order valence-electron chi connectivity index (χ4n) is 3.31. The molecule has 0 heterocycles. The molecule has 0 saturated heterocycles. The number of carbonyl (C=O) groups excluding carboxylic acids is 2. The summed E-state index contributed by atoms with van der Waals surface area (Å²) in [6.45, 7) is 12.1. The molecule has 144 valence electrons. The number of hydrogen-bond acceptors (Lipinski definition) is 2. The van der Waals surface area contributed by atoms with Crippen LogP contribution in [0.4, 0.5) is 11.4 Å². The van der Waals surface area contributed by atoms with Gasteiger partial charge in [0.1, 0.15) is 0 Å². The van der Waals surface area contributed by atoms with Crippen LogP contribution in [0.1, 0.15) is 55.4 Å². The maximum Gasteiger partial charge on any atom is 0.226 e. The zero-order valence-corrected chi connectivity index (χ0v) is 17.2. The highest BCUT2D eigenvalue weighted by Gasteiger charge is 2.17. The maximum absolute atomic E-state index is 12.6. The predicted molar refractivity (Wildman–Crippen MR) is 112 cm³/mol. The van der Waals surface area contributed by atoms with Crippen molar-refractivity contribution in [2.24, 2.45) is 0 Å². The summed E-state index contributed by atoms with van der Waals surface area (Å²) in [5, 5.41) is 3.05. The number of nitrogens with zero attached hydrogens (tertiary/aromatic N) is 1. The Morgan fingerprint density at radius 3 is 2.33 bits per heavy atom. The van der Waals surface area contributed by atoms with Gasteiger partial charge in [-0.1, -0.05) is 49.7 Å². The van der Waals surface area contributed by atoms with Crippen LogP contribution in [0.25, 0.3) is 0 Å². The van der Waals surface area contributed by atoms with E-state index in [2.05, 4.69) is 19.2 Å². The number of benzene rings is 2. The molecule has 0 saturated carbocycles. The molecule has 0 unspecified atom stereocenters. The summed E-state index contributed by atoms with van der Waals surface area (Å²) in [6.07, 6.45) is 0.249. The van der Waals surface area contributed by atoms with Gasteiger partial charge >= 0.3 is 0 Å². The minimum Gasteiger partial charge on any atom is -0.326 e. The largest absolute Gasteiger partial charge is 0.326 e. The average Bonchev–Trinajstić information content (AvgIpc) is 2.58. The van der Waals surface area contributed by atoms with Gasteiger partial charge < -0.3 is 10.2 Å². The summed E-state index contributed by atoms with van der Waals surface area (Å²) in [6, 6.07) is 12.0. The molecule has 4 nitrogen and oxygen atoms in total. The molecular weight excluding hydrogens is 336 g/mol. The minimum atomic E-state index is -0.0813. The van der Waals surface area contributed by atoms with E-state index >= 15 is 0 Å². The van der Waals surface area contributed by atoms with Crippen molar-refractivity contribution in [3.05, 3.63) is 58.7 Å². The van der Waals surface area contributed by atoms with E-state index in [-0.39, 0.29) is 18.2 Å². The molecule has 4 heteroatoms. The summed E-state index contributed by atoms with van der Waals surface area (Å²) in [5.74, 6) is 0.180. The number of carbonyl (C=O) groups is 2. The summed E-state index contributed by atoms with van der Waals surface area (Å²) in [4.78, 5) is 26.4. The zero-order chi connectivity index (χ0) is 20.1. The highest BCUT2D eigenvalue weighted by Crippen LogP contribution is 2.28. The number of aryl methyl sites for hydroxylation is 3. The van der Waals surface area contributed by atoms with E-state index in [1.54, 1.807) is 4.90 Å². The second-order valence-electron chi connectivity index (χ2n) is 7.45. The van der Waals surface area contributed by atoms with Gasteiger partial charge in [0.2, 0.25) is 11.8 Å².